The number of amidine groups is 1. The number of furan rings is 1. The van der Waals surface area contributed by atoms with Crippen LogP contribution < -0.4 is 5.32 Å². The van der Waals surface area contributed by atoms with E-state index in [2.05, 4.69) is 26.2 Å². The van der Waals surface area contributed by atoms with Crippen molar-refractivity contribution in [2.24, 2.45) is 4.99 Å². The summed E-state index contributed by atoms with van der Waals surface area (Å²) in [6, 6.07) is 21.6. The molecule has 0 spiro atoms. The molecule has 0 unspecified atom stereocenters. The van der Waals surface area contributed by atoms with Crippen LogP contribution in [-0.4, -0.2) is 11.1 Å². The fourth-order valence-corrected chi connectivity index (χ4v) is 3.64. The number of hydrogen-bond donors (Lipinski definition) is 1. The van der Waals surface area contributed by atoms with Crippen molar-refractivity contribution in [2.75, 3.05) is 0 Å². The molecule has 0 radical (unpaired) electrons. The summed E-state index contributed by atoms with van der Waals surface area (Å²) in [7, 11) is 0. The van der Waals surface area contributed by atoms with Crippen LogP contribution in [-0.2, 0) is 11.3 Å². The molecule has 6 heteroatoms. The Bertz CT molecular complexity index is 1020. The highest BCUT2D eigenvalue weighted by Crippen LogP contribution is 2.29. The van der Waals surface area contributed by atoms with Crippen LogP contribution in [0.4, 0.5) is 0 Å². The lowest BCUT2D eigenvalue weighted by atomic mass is 10.2. The van der Waals surface area contributed by atoms with E-state index in [0.29, 0.717) is 22.4 Å². The Morgan fingerprint density at radius 1 is 1.04 bits per heavy atom. The van der Waals surface area contributed by atoms with E-state index < -0.39 is 0 Å². The van der Waals surface area contributed by atoms with Gasteiger partial charge in [-0.15, -0.1) is 0 Å². The number of benzene rings is 2. The summed E-state index contributed by atoms with van der Waals surface area (Å²) in [5.74, 6) is 1.24. The van der Waals surface area contributed by atoms with Gasteiger partial charge in [-0.2, -0.15) is 0 Å². The molecule has 4 rings (SSSR count). The molecule has 134 valence electrons. The van der Waals surface area contributed by atoms with Gasteiger partial charge in [-0.1, -0.05) is 58.4 Å². The van der Waals surface area contributed by atoms with Crippen molar-refractivity contribution in [1.82, 2.24) is 5.32 Å². The molecule has 1 aliphatic heterocycles. The van der Waals surface area contributed by atoms with E-state index in [1.165, 1.54) is 11.8 Å². The average molecular weight is 439 g/mol. The second-order valence-corrected chi connectivity index (χ2v) is 7.83. The molecule has 1 N–H and O–H groups in total. The zero-order chi connectivity index (χ0) is 18.6. The van der Waals surface area contributed by atoms with E-state index in [9.17, 15) is 4.79 Å². The SMILES string of the molecule is O=C1NC(=NCc2ccccc2)S/C1=C/c1ccc(-c2ccc(Br)cc2)o1. The second-order valence-electron chi connectivity index (χ2n) is 5.88. The van der Waals surface area contributed by atoms with Crippen LogP contribution in [0.3, 0.4) is 0 Å². The third-order valence-corrected chi connectivity index (χ3v) is 5.40. The first-order valence-electron chi connectivity index (χ1n) is 8.32. The smallest absolute Gasteiger partial charge is 0.264 e. The number of thioether (sulfide) groups is 1. The number of carbonyl (C=O) groups excluding carboxylic acids is 1. The van der Waals surface area contributed by atoms with Crippen molar-refractivity contribution in [3.8, 4) is 11.3 Å². The van der Waals surface area contributed by atoms with E-state index in [4.69, 9.17) is 4.42 Å². The normalized spacial score (nSPS) is 16.9. The number of nitrogens with one attached hydrogen (secondary N) is 1. The Morgan fingerprint density at radius 2 is 1.81 bits per heavy atom. The summed E-state index contributed by atoms with van der Waals surface area (Å²) in [4.78, 5) is 17.2. The molecule has 1 fully saturated rings. The highest BCUT2D eigenvalue weighted by atomic mass is 79.9. The van der Waals surface area contributed by atoms with Gasteiger partial charge < -0.3 is 9.73 Å². The molecule has 0 aliphatic carbocycles. The fraction of sp³-hybridized carbons (Fsp3) is 0.0476. The highest BCUT2D eigenvalue weighted by molar-refractivity contribution is 9.10. The maximum absolute atomic E-state index is 12.2. The molecular formula is C21H15BrN2O2S. The molecule has 1 amide bonds. The van der Waals surface area contributed by atoms with Gasteiger partial charge in [-0.25, -0.2) is 0 Å². The summed E-state index contributed by atoms with van der Waals surface area (Å²) >= 11 is 4.75. The lowest BCUT2D eigenvalue weighted by molar-refractivity contribution is -0.115. The first-order valence-corrected chi connectivity index (χ1v) is 9.93. The number of amides is 1. The van der Waals surface area contributed by atoms with Gasteiger partial charge in [0.25, 0.3) is 5.91 Å². The molecule has 1 aliphatic rings. The summed E-state index contributed by atoms with van der Waals surface area (Å²) in [5, 5.41) is 3.40. The Balaban J connectivity index is 1.48. The first kappa shape index (κ1) is 17.8. The lowest BCUT2D eigenvalue weighted by Gasteiger charge is -1.97. The van der Waals surface area contributed by atoms with Crippen molar-refractivity contribution in [3.63, 3.8) is 0 Å². The van der Waals surface area contributed by atoms with Gasteiger partial charge in [0.05, 0.1) is 11.4 Å². The second kappa shape index (κ2) is 7.98. The van der Waals surface area contributed by atoms with Crippen LogP contribution in [0.2, 0.25) is 0 Å². The van der Waals surface area contributed by atoms with Crippen molar-refractivity contribution in [2.45, 2.75) is 6.54 Å². The van der Waals surface area contributed by atoms with E-state index in [1.54, 1.807) is 6.08 Å². The Labute approximate surface area is 169 Å². The lowest BCUT2D eigenvalue weighted by Crippen LogP contribution is -2.19. The minimum Gasteiger partial charge on any atom is -0.457 e. The molecule has 27 heavy (non-hydrogen) atoms. The molecule has 0 atom stereocenters. The summed E-state index contributed by atoms with van der Waals surface area (Å²) in [5.41, 5.74) is 2.08. The van der Waals surface area contributed by atoms with Gasteiger partial charge in [0, 0.05) is 16.1 Å². The molecular weight excluding hydrogens is 424 g/mol. The first-order chi connectivity index (χ1) is 13.2. The van der Waals surface area contributed by atoms with Gasteiger partial charge in [-0.05, 0) is 41.6 Å². The molecule has 4 nitrogen and oxygen atoms in total. The zero-order valence-electron chi connectivity index (χ0n) is 14.2. The zero-order valence-corrected chi connectivity index (χ0v) is 16.6. The number of nitrogens with zero attached hydrogens (tertiary/aromatic N) is 1. The van der Waals surface area contributed by atoms with E-state index >= 15 is 0 Å². The standard InChI is InChI=1S/C21H15BrN2O2S/c22-16-8-6-15(7-9-16)18-11-10-17(26-18)12-19-20(25)24-21(27-19)23-13-14-4-2-1-3-5-14/h1-12H,13H2,(H,23,24,25)/b19-12+. The summed E-state index contributed by atoms with van der Waals surface area (Å²) in [6.07, 6.45) is 1.74. The van der Waals surface area contributed by atoms with Gasteiger partial charge in [0.1, 0.15) is 11.5 Å². The van der Waals surface area contributed by atoms with E-state index in [-0.39, 0.29) is 5.91 Å². The maximum atomic E-state index is 12.2. The predicted molar refractivity (Wildman–Crippen MR) is 113 cm³/mol. The quantitative estimate of drug-likeness (QED) is 0.549. The van der Waals surface area contributed by atoms with Gasteiger partial charge in [0.15, 0.2) is 5.17 Å². The van der Waals surface area contributed by atoms with Gasteiger partial charge in [0.2, 0.25) is 0 Å². The number of aliphatic imine (C=N–C) groups is 1. The third kappa shape index (κ3) is 4.40. The number of halogens is 1. The highest BCUT2D eigenvalue weighted by Gasteiger charge is 2.24. The number of hydrogen-bond acceptors (Lipinski definition) is 4. The predicted octanol–water partition coefficient (Wildman–Crippen LogP) is 5.47. The molecule has 1 saturated heterocycles. The maximum Gasteiger partial charge on any atom is 0.264 e. The topological polar surface area (TPSA) is 54.6 Å². The summed E-state index contributed by atoms with van der Waals surface area (Å²) < 4.78 is 6.87. The number of carbonyl (C=O) groups is 1. The van der Waals surface area contributed by atoms with Crippen molar-refractivity contribution < 1.29 is 9.21 Å². The fourth-order valence-electron chi connectivity index (χ4n) is 2.58. The Morgan fingerprint density at radius 3 is 2.59 bits per heavy atom. The third-order valence-electron chi connectivity index (χ3n) is 3.93. The molecule has 2 heterocycles. The van der Waals surface area contributed by atoms with Crippen LogP contribution >= 0.6 is 27.7 Å². The van der Waals surface area contributed by atoms with Crippen LogP contribution in [0.15, 0.2) is 85.5 Å². The largest absolute Gasteiger partial charge is 0.457 e. The molecule has 2 aromatic carbocycles. The van der Waals surface area contributed by atoms with Crippen LogP contribution in [0.5, 0.6) is 0 Å². The molecule has 1 aromatic heterocycles. The summed E-state index contributed by atoms with van der Waals surface area (Å²) in [6.45, 7) is 0.533. The average Bonchev–Trinajstić information content (AvgIpc) is 3.29. The Hall–Kier alpha value is -2.57. The Kier molecular flexibility index (Phi) is 5.27. The minimum absolute atomic E-state index is 0.159. The van der Waals surface area contributed by atoms with Crippen molar-refractivity contribution in [3.05, 3.63) is 87.4 Å². The van der Waals surface area contributed by atoms with E-state index in [0.717, 1.165) is 21.4 Å². The minimum atomic E-state index is -0.159. The van der Waals surface area contributed by atoms with Gasteiger partial charge in [-0.3, -0.25) is 9.79 Å². The molecule has 0 saturated carbocycles. The van der Waals surface area contributed by atoms with Gasteiger partial charge >= 0.3 is 0 Å². The van der Waals surface area contributed by atoms with Crippen molar-refractivity contribution >= 4 is 44.8 Å². The van der Waals surface area contributed by atoms with Crippen molar-refractivity contribution in [1.29, 1.82) is 0 Å². The van der Waals surface area contributed by atoms with Crippen LogP contribution in [0.25, 0.3) is 17.4 Å². The number of rotatable bonds is 4. The van der Waals surface area contributed by atoms with Crippen LogP contribution in [0.1, 0.15) is 11.3 Å². The monoisotopic (exact) mass is 438 g/mol. The van der Waals surface area contributed by atoms with Crippen LogP contribution in [0, 0.1) is 0 Å². The van der Waals surface area contributed by atoms with E-state index in [1.807, 2.05) is 66.7 Å². The molecule has 0 bridgehead atoms. The molecule has 3 aromatic rings.